The number of nitrogens with zero attached hydrogens (tertiary/aromatic N) is 2. The normalized spacial score (nSPS) is 16.8. The molecule has 0 unspecified atom stereocenters. The van der Waals surface area contributed by atoms with Crippen molar-refractivity contribution in [3.05, 3.63) is 65.1 Å². The van der Waals surface area contributed by atoms with Gasteiger partial charge < -0.3 is 0 Å². The third-order valence-corrected chi connectivity index (χ3v) is 4.17. The Balaban J connectivity index is 1.94. The van der Waals surface area contributed by atoms with Crippen molar-refractivity contribution in [1.82, 2.24) is 4.98 Å². The fraction of sp³-hybridized carbons (Fsp3) is 0. The summed E-state index contributed by atoms with van der Waals surface area (Å²) in [7, 11) is 0. The fourth-order valence-corrected chi connectivity index (χ4v) is 3.22. The molecule has 2 heterocycles. The van der Waals surface area contributed by atoms with E-state index in [-0.39, 0.29) is 5.91 Å². The van der Waals surface area contributed by atoms with Crippen LogP contribution in [0, 0.1) is 5.82 Å². The molecule has 1 aromatic carbocycles. The van der Waals surface area contributed by atoms with E-state index >= 15 is 0 Å². The topological polar surface area (TPSA) is 33.2 Å². The SMILES string of the molecule is O=C1C(=Cc2ccncc2)SC(=S)N1c1cccc(F)c1. The van der Waals surface area contributed by atoms with E-state index in [1.165, 1.54) is 28.8 Å². The molecule has 3 nitrogen and oxygen atoms in total. The number of rotatable bonds is 2. The van der Waals surface area contributed by atoms with Crippen LogP contribution in [-0.2, 0) is 4.79 Å². The van der Waals surface area contributed by atoms with Crippen LogP contribution in [0.25, 0.3) is 6.08 Å². The summed E-state index contributed by atoms with van der Waals surface area (Å²) >= 11 is 6.43. The first-order valence-corrected chi connectivity index (χ1v) is 7.31. The zero-order valence-electron chi connectivity index (χ0n) is 10.7. The minimum Gasteiger partial charge on any atom is -0.268 e. The molecular formula is C15H9FN2OS2. The van der Waals surface area contributed by atoms with Crippen LogP contribution in [-0.4, -0.2) is 15.2 Å². The number of amides is 1. The molecule has 1 aliphatic heterocycles. The lowest BCUT2D eigenvalue weighted by Crippen LogP contribution is -2.27. The van der Waals surface area contributed by atoms with E-state index in [0.717, 1.165) is 5.56 Å². The summed E-state index contributed by atoms with van der Waals surface area (Å²) in [5, 5.41) is 0. The van der Waals surface area contributed by atoms with Gasteiger partial charge in [-0.15, -0.1) is 0 Å². The number of carbonyl (C=O) groups is 1. The molecule has 1 fully saturated rings. The lowest BCUT2D eigenvalue weighted by molar-refractivity contribution is -0.113. The lowest BCUT2D eigenvalue weighted by Gasteiger charge is -2.14. The summed E-state index contributed by atoms with van der Waals surface area (Å²) in [4.78, 5) is 18.2. The molecule has 104 valence electrons. The highest BCUT2D eigenvalue weighted by atomic mass is 32.2. The van der Waals surface area contributed by atoms with Crippen LogP contribution in [0.15, 0.2) is 53.7 Å². The Labute approximate surface area is 130 Å². The zero-order chi connectivity index (χ0) is 14.8. The summed E-state index contributed by atoms with van der Waals surface area (Å²) < 4.78 is 13.7. The number of aromatic nitrogens is 1. The third-order valence-electron chi connectivity index (χ3n) is 2.86. The Morgan fingerprint density at radius 2 is 2.00 bits per heavy atom. The van der Waals surface area contributed by atoms with E-state index in [1.807, 2.05) is 0 Å². The van der Waals surface area contributed by atoms with E-state index in [0.29, 0.717) is 14.9 Å². The monoisotopic (exact) mass is 316 g/mol. The highest BCUT2D eigenvalue weighted by molar-refractivity contribution is 8.27. The van der Waals surface area contributed by atoms with E-state index in [4.69, 9.17) is 12.2 Å². The standard InChI is InChI=1S/C15H9FN2OS2/c16-11-2-1-3-12(9-11)18-14(19)13(21-15(18)20)8-10-4-6-17-7-5-10/h1-9H. The maximum absolute atomic E-state index is 13.3. The van der Waals surface area contributed by atoms with Gasteiger partial charge in [0.2, 0.25) is 0 Å². The third kappa shape index (κ3) is 2.86. The molecule has 3 rings (SSSR count). The first kappa shape index (κ1) is 13.9. The molecule has 0 spiro atoms. The van der Waals surface area contributed by atoms with Crippen molar-refractivity contribution < 1.29 is 9.18 Å². The second-order valence-electron chi connectivity index (χ2n) is 4.28. The fourth-order valence-electron chi connectivity index (χ4n) is 1.92. The van der Waals surface area contributed by atoms with Gasteiger partial charge in [-0.1, -0.05) is 30.0 Å². The van der Waals surface area contributed by atoms with Gasteiger partial charge in [0.05, 0.1) is 10.6 Å². The predicted octanol–water partition coefficient (Wildman–Crippen LogP) is 3.63. The molecule has 0 N–H and O–H groups in total. The minimum atomic E-state index is -0.403. The molecule has 2 aromatic rings. The number of carbonyl (C=O) groups excluding carboxylic acids is 1. The zero-order valence-corrected chi connectivity index (χ0v) is 12.3. The lowest BCUT2D eigenvalue weighted by atomic mass is 10.2. The van der Waals surface area contributed by atoms with Crippen LogP contribution < -0.4 is 4.90 Å². The van der Waals surface area contributed by atoms with Crippen molar-refractivity contribution in [2.24, 2.45) is 0 Å². The Hall–Kier alpha value is -2.05. The van der Waals surface area contributed by atoms with Gasteiger partial charge in [-0.25, -0.2) is 4.39 Å². The largest absolute Gasteiger partial charge is 0.270 e. The van der Waals surface area contributed by atoms with E-state index in [2.05, 4.69) is 4.98 Å². The first-order chi connectivity index (χ1) is 10.1. The first-order valence-electron chi connectivity index (χ1n) is 6.09. The predicted molar refractivity (Wildman–Crippen MR) is 86.3 cm³/mol. The van der Waals surface area contributed by atoms with Crippen LogP contribution in [0.5, 0.6) is 0 Å². The van der Waals surface area contributed by atoms with E-state index < -0.39 is 5.82 Å². The average Bonchev–Trinajstić information content (AvgIpc) is 2.74. The van der Waals surface area contributed by atoms with Crippen LogP contribution in [0.3, 0.4) is 0 Å². The number of anilines is 1. The molecule has 0 atom stereocenters. The Bertz CT molecular complexity index is 746. The number of hydrogen-bond acceptors (Lipinski definition) is 4. The van der Waals surface area contributed by atoms with Gasteiger partial charge in [-0.05, 0) is 42.0 Å². The van der Waals surface area contributed by atoms with Gasteiger partial charge in [-0.2, -0.15) is 0 Å². The highest BCUT2D eigenvalue weighted by Crippen LogP contribution is 2.36. The molecular weight excluding hydrogens is 307 g/mol. The quantitative estimate of drug-likeness (QED) is 0.626. The summed E-state index contributed by atoms with van der Waals surface area (Å²) in [6.45, 7) is 0. The molecule has 1 aromatic heterocycles. The summed E-state index contributed by atoms with van der Waals surface area (Å²) in [5.41, 5.74) is 1.31. The molecule has 0 aliphatic carbocycles. The van der Waals surface area contributed by atoms with E-state index in [1.54, 1.807) is 42.7 Å². The van der Waals surface area contributed by atoms with Gasteiger partial charge in [0, 0.05) is 12.4 Å². The number of pyridine rings is 1. The smallest absolute Gasteiger partial charge is 0.268 e. The van der Waals surface area contributed by atoms with Crippen molar-refractivity contribution in [3.63, 3.8) is 0 Å². The van der Waals surface area contributed by atoms with Crippen molar-refractivity contribution in [1.29, 1.82) is 0 Å². The van der Waals surface area contributed by atoms with Crippen molar-refractivity contribution in [2.45, 2.75) is 0 Å². The summed E-state index contributed by atoms with van der Waals surface area (Å²) in [6, 6.07) is 9.43. The molecule has 1 amide bonds. The molecule has 0 radical (unpaired) electrons. The van der Waals surface area contributed by atoms with Gasteiger partial charge in [-0.3, -0.25) is 14.7 Å². The minimum absolute atomic E-state index is 0.243. The van der Waals surface area contributed by atoms with Crippen molar-refractivity contribution >= 4 is 46.0 Å². The average molecular weight is 316 g/mol. The maximum Gasteiger partial charge on any atom is 0.270 e. The van der Waals surface area contributed by atoms with Crippen LogP contribution >= 0.6 is 24.0 Å². The molecule has 6 heteroatoms. The molecule has 0 saturated carbocycles. The number of thioether (sulfide) groups is 1. The Morgan fingerprint density at radius 1 is 1.24 bits per heavy atom. The number of hydrogen-bond donors (Lipinski definition) is 0. The van der Waals surface area contributed by atoms with Gasteiger partial charge >= 0.3 is 0 Å². The molecule has 1 saturated heterocycles. The van der Waals surface area contributed by atoms with Gasteiger partial charge in [0.25, 0.3) is 5.91 Å². The number of benzene rings is 1. The van der Waals surface area contributed by atoms with Crippen molar-refractivity contribution in [3.8, 4) is 0 Å². The molecule has 21 heavy (non-hydrogen) atoms. The number of thiocarbonyl (C=S) groups is 1. The highest BCUT2D eigenvalue weighted by Gasteiger charge is 2.33. The summed E-state index contributed by atoms with van der Waals surface area (Å²) in [6.07, 6.45) is 5.05. The Morgan fingerprint density at radius 3 is 2.71 bits per heavy atom. The van der Waals surface area contributed by atoms with Gasteiger partial charge in [0.15, 0.2) is 4.32 Å². The van der Waals surface area contributed by atoms with Crippen LogP contribution in [0.4, 0.5) is 10.1 Å². The maximum atomic E-state index is 13.3. The van der Waals surface area contributed by atoms with Crippen LogP contribution in [0.2, 0.25) is 0 Å². The number of halogens is 1. The second kappa shape index (κ2) is 5.75. The van der Waals surface area contributed by atoms with Gasteiger partial charge in [0.1, 0.15) is 5.82 Å². The second-order valence-corrected chi connectivity index (χ2v) is 5.95. The summed E-state index contributed by atoms with van der Waals surface area (Å²) in [5.74, 6) is -0.646. The van der Waals surface area contributed by atoms with E-state index in [9.17, 15) is 9.18 Å². The van der Waals surface area contributed by atoms with Crippen molar-refractivity contribution in [2.75, 3.05) is 4.90 Å². The Kier molecular flexibility index (Phi) is 3.81. The molecule has 0 bridgehead atoms. The van der Waals surface area contributed by atoms with Crippen LogP contribution in [0.1, 0.15) is 5.56 Å². The molecule has 1 aliphatic rings.